The van der Waals surface area contributed by atoms with Crippen LogP contribution in [0.3, 0.4) is 0 Å². The van der Waals surface area contributed by atoms with Crippen molar-refractivity contribution >= 4 is 15.9 Å². The topological polar surface area (TPSA) is 46.5 Å². The SMILES string of the molecule is CCOC(=O)CCc1cc(C(C)(C)C)c(O)c(C(C)(C)C)c1.[P]. The van der Waals surface area contributed by atoms with Crippen molar-refractivity contribution in [2.45, 2.75) is 72.1 Å². The third kappa shape index (κ3) is 6.14. The molecule has 0 bridgehead atoms. The standard InChI is InChI=1S/C19H30O3.P/c1-8-22-16(20)10-9-13-11-14(18(2,3)4)17(21)15(12-13)19(5,6)7;/h11-12,21H,8-10H2,1-7H3;. The van der Waals surface area contributed by atoms with Crippen molar-refractivity contribution in [3.63, 3.8) is 0 Å². The van der Waals surface area contributed by atoms with Gasteiger partial charge in [-0.1, -0.05) is 53.7 Å². The summed E-state index contributed by atoms with van der Waals surface area (Å²) in [6.45, 7) is 14.7. The minimum absolute atomic E-state index is 0. The van der Waals surface area contributed by atoms with E-state index in [0.29, 0.717) is 25.2 Å². The summed E-state index contributed by atoms with van der Waals surface area (Å²) in [6.07, 6.45) is 0.997. The van der Waals surface area contributed by atoms with Crippen LogP contribution in [0.15, 0.2) is 12.1 Å². The van der Waals surface area contributed by atoms with Crippen LogP contribution in [0, 0.1) is 0 Å². The third-order valence-corrected chi connectivity index (χ3v) is 3.71. The zero-order valence-corrected chi connectivity index (χ0v) is 16.4. The Morgan fingerprint density at radius 3 is 1.83 bits per heavy atom. The first-order valence-corrected chi connectivity index (χ1v) is 7.99. The van der Waals surface area contributed by atoms with E-state index in [-0.39, 0.29) is 26.7 Å². The Kier molecular flexibility index (Phi) is 7.76. The van der Waals surface area contributed by atoms with E-state index < -0.39 is 0 Å². The lowest BCUT2D eigenvalue weighted by atomic mass is 9.78. The molecular formula is C19H30O3P. The minimum atomic E-state index is -0.176. The van der Waals surface area contributed by atoms with E-state index in [2.05, 4.69) is 41.5 Å². The lowest BCUT2D eigenvalue weighted by Crippen LogP contribution is -2.18. The van der Waals surface area contributed by atoms with E-state index in [4.69, 9.17) is 4.74 Å². The summed E-state index contributed by atoms with van der Waals surface area (Å²) in [5, 5.41) is 10.7. The predicted octanol–water partition coefficient (Wildman–Crippen LogP) is 5.34. The van der Waals surface area contributed by atoms with E-state index in [0.717, 1.165) is 16.7 Å². The van der Waals surface area contributed by atoms with Gasteiger partial charge in [0.2, 0.25) is 0 Å². The first-order chi connectivity index (χ1) is 9.96. The highest BCUT2D eigenvalue weighted by molar-refractivity contribution is 6.92. The van der Waals surface area contributed by atoms with Gasteiger partial charge < -0.3 is 9.84 Å². The summed E-state index contributed by atoms with van der Waals surface area (Å²) >= 11 is 0. The van der Waals surface area contributed by atoms with Gasteiger partial charge in [-0.05, 0) is 40.9 Å². The number of aryl methyl sites for hydroxylation is 1. The lowest BCUT2D eigenvalue weighted by Gasteiger charge is -2.28. The first-order valence-electron chi connectivity index (χ1n) is 7.99. The van der Waals surface area contributed by atoms with Gasteiger partial charge in [0.1, 0.15) is 5.75 Å². The van der Waals surface area contributed by atoms with Crippen LogP contribution in [0.1, 0.15) is 71.6 Å². The average Bonchev–Trinajstić information content (AvgIpc) is 2.35. The summed E-state index contributed by atoms with van der Waals surface area (Å²) in [5.41, 5.74) is 2.63. The molecule has 0 heterocycles. The Morgan fingerprint density at radius 2 is 1.48 bits per heavy atom. The molecule has 0 fully saturated rings. The fraction of sp³-hybridized carbons (Fsp3) is 0.632. The van der Waals surface area contributed by atoms with Crippen LogP contribution in [0.4, 0.5) is 0 Å². The van der Waals surface area contributed by atoms with Gasteiger partial charge in [-0.2, -0.15) is 0 Å². The first kappa shape index (κ1) is 21.9. The third-order valence-electron chi connectivity index (χ3n) is 3.71. The summed E-state index contributed by atoms with van der Waals surface area (Å²) in [4.78, 5) is 11.6. The van der Waals surface area contributed by atoms with E-state index in [1.54, 1.807) is 0 Å². The molecule has 0 aromatic heterocycles. The monoisotopic (exact) mass is 337 g/mol. The molecule has 23 heavy (non-hydrogen) atoms. The number of aromatic hydroxyl groups is 1. The van der Waals surface area contributed by atoms with Gasteiger partial charge in [0.25, 0.3) is 0 Å². The Bertz CT molecular complexity index is 502. The van der Waals surface area contributed by atoms with Gasteiger partial charge in [0.05, 0.1) is 6.61 Å². The number of carbonyl (C=O) groups is 1. The van der Waals surface area contributed by atoms with Crippen LogP contribution in [0.25, 0.3) is 0 Å². The molecule has 0 aliphatic heterocycles. The highest BCUT2D eigenvalue weighted by Crippen LogP contribution is 2.39. The normalized spacial score (nSPS) is 11.8. The fourth-order valence-electron chi connectivity index (χ4n) is 2.46. The second-order valence-corrected chi connectivity index (χ2v) is 7.84. The van der Waals surface area contributed by atoms with Crippen molar-refractivity contribution in [1.29, 1.82) is 0 Å². The summed E-state index contributed by atoms with van der Waals surface area (Å²) in [5.74, 6) is 0.199. The van der Waals surface area contributed by atoms with Crippen molar-refractivity contribution in [3.05, 3.63) is 28.8 Å². The quantitative estimate of drug-likeness (QED) is 0.595. The van der Waals surface area contributed by atoms with Gasteiger partial charge in [0, 0.05) is 16.3 Å². The van der Waals surface area contributed by atoms with Crippen LogP contribution in [-0.2, 0) is 26.8 Å². The van der Waals surface area contributed by atoms with Gasteiger partial charge in [-0.15, -0.1) is 0 Å². The average molecular weight is 337 g/mol. The number of phenolic OH excluding ortho intramolecular Hbond substituents is 1. The molecule has 0 spiro atoms. The molecule has 1 N–H and O–H groups in total. The Morgan fingerprint density at radius 1 is 1.04 bits per heavy atom. The zero-order valence-electron chi connectivity index (χ0n) is 15.5. The van der Waals surface area contributed by atoms with Crippen molar-refractivity contribution in [1.82, 2.24) is 0 Å². The fourth-order valence-corrected chi connectivity index (χ4v) is 2.46. The lowest BCUT2D eigenvalue weighted by molar-refractivity contribution is -0.143. The van der Waals surface area contributed by atoms with Gasteiger partial charge >= 0.3 is 5.97 Å². The zero-order chi connectivity index (χ0) is 17.1. The Labute approximate surface area is 144 Å². The van der Waals surface area contributed by atoms with Gasteiger partial charge in [0.15, 0.2) is 0 Å². The molecule has 0 aliphatic rings. The maximum atomic E-state index is 11.6. The maximum Gasteiger partial charge on any atom is 0.306 e. The van der Waals surface area contributed by atoms with Crippen LogP contribution >= 0.6 is 9.90 Å². The molecule has 0 atom stereocenters. The molecule has 129 valence electrons. The largest absolute Gasteiger partial charge is 0.507 e. The van der Waals surface area contributed by atoms with Crippen LogP contribution < -0.4 is 0 Å². The molecule has 3 radical (unpaired) electrons. The Balaban J connectivity index is 0.00000484. The van der Waals surface area contributed by atoms with Gasteiger partial charge in [-0.25, -0.2) is 0 Å². The molecule has 0 aliphatic carbocycles. The molecule has 3 nitrogen and oxygen atoms in total. The van der Waals surface area contributed by atoms with Crippen molar-refractivity contribution < 1.29 is 14.6 Å². The van der Waals surface area contributed by atoms with Crippen LogP contribution in [0.2, 0.25) is 0 Å². The minimum Gasteiger partial charge on any atom is -0.507 e. The molecule has 1 aromatic rings. The summed E-state index contributed by atoms with van der Waals surface area (Å²) in [7, 11) is 0. The highest BCUT2D eigenvalue weighted by atomic mass is 31.0. The van der Waals surface area contributed by atoms with E-state index in [1.807, 2.05) is 19.1 Å². The number of ether oxygens (including phenoxy) is 1. The molecule has 0 saturated heterocycles. The molecule has 1 aromatic carbocycles. The molecule has 0 amide bonds. The van der Waals surface area contributed by atoms with Crippen molar-refractivity contribution in [2.24, 2.45) is 0 Å². The molecular weight excluding hydrogens is 307 g/mol. The number of esters is 1. The Hall–Kier alpha value is -1.08. The second-order valence-electron chi connectivity index (χ2n) is 7.84. The van der Waals surface area contributed by atoms with E-state index >= 15 is 0 Å². The maximum absolute atomic E-state index is 11.6. The van der Waals surface area contributed by atoms with E-state index in [9.17, 15) is 9.90 Å². The second kappa shape index (κ2) is 8.15. The number of benzene rings is 1. The number of hydrogen-bond donors (Lipinski definition) is 1. The predicted molar refractivity (Wildman–Crippen MR) is 97.4 cm³/mol. The number of phenols is 1. The summed E-state index contributed by atoms with van der Waals surface area (Å²) in [6, 6.07) is 4.04. The molecule has 4 heteroatoms. The highest BCUT2D eigenvalue weighted by Gasteiger charge is 2.26. The summed E-state index contributed by atoms with van der Waals surface area (Å²) < 4.78 is 4.99. The van der Waals surface area contributed by atoms with Gasteiger partial charge in [-0.3, -0.25) is 4.79 Å². The van der Waals surface area contributed by atoms with Crippen LogP contribution in [0.5, 0.6) is 5.75 Å². The number of hydrogen-bond acceptors (Lipinski definition) is 3. The van der Waals surface area contributed by atoms with E-state index in [1.165, 1.54) is 0 Å². The van der Waals surface area contributed by atoms with Crippen molar-refractivity contribution in [2.75, 3.05) is 6.61 Å². The smallest absolute Gasteiger partial charge is 0.306 e. The van der Waals surface area contributed by atoms with Crippen LogP contribution in [-0.4, -0.2) is 17.7 Å². The molecule has 0 unspecified atom stereocenters. The molecule has 0 saturated carbocycles. The number of carbonyl (C=O) groups excluding carboxylic acids is 1. The molecule has 1 rings (SSSR count). The van der Waals surface area contributed by atoms with Crippen molar-refractivity contribution in [3.8, 4) is 5.75 Å². The number of rotatable bonds is 4.